The summed E-state index contributed by atoms with van der Waals surface area (Å²) in [6.45, 7) is -0.0574. The van der Waals surface area contributed by atoms with E-state index in [1.807, 2.05) is 0 Å². The van der Waals surface area contributed by atoms with E-state index in [2.05, 4.69) is 10.2 Å². The van der Waals surface area contributed by atoms with Crippen molar-refractivity contribution in [1.29, 1.82) is 0 Å². The highest BCUT2D eigenvalue weighted by Gasteiger charge is 2.44. The molecule has 0 bridgehead atoms. The van der Waals surface area contributed by atoms with Crippen LogP contribution < -0.4 is 4.74 Å². The van der Waals surface area contributed by atoms with Crippen LogP contribution in [0.1, 0.15) is 6.42 Å². The van der Waals surface area contributed by atoms with E-state index < -0.39 is 18.2 Å². The number of nitrogens with zero attached hydrogens (tertiary/aromatic N) is 3. The monoisotopic (exact) mass is 261 g/mol. The topological polar surface area (TPSA) is 55.3 Å². The molecule has 0 aromatic carbocycles. The van der Waals surface area contributed by atoms with Crippen molar-refractivity contribution < 1.29 is 22.7 Å². The van der Waals surface area contributed by atoms with Crippen LogP contribution in [0.5, 0.6) is 5.88 Å². The average molecular weight is 261 g/mol. The number of hydrogen-bond donors (Lipinski definition) is 0. The number of amides is 1. The molecule has 1 aromatic rings. The van der Waals surface area contributed by atoms with E-state index in [-0.39, 0.29) is 19.0 Å². The average Bonchev–Trinajstić information content (AvgIpc) is 2.76. The molecule has 5 nitrogen and oxygen atoms in total. The van der Waals surface area contributed by atoms with Gasteiger partial charge in [-0.1, -0.05) is 0 Å². The Morgan fingerprint density at radius 2 is 2.28 bits per heavy atom. The number of carbonyl (C=O) groups is 1. The van der Waals surface area contributed by atoms with Crippen LogP contribution in [-0.4, -0.2) is 46.4 Å². The van der Waals surface area contributed by atoms with Gasteiger partial charge in [-0.15, -0.1) is 5.10 Å². The van der Waals surface area contributed by atoms with Crippen molar-refractivity contribution in [3.63, 3.8) is 0 Å². The Balaban J connectivity index is 1.91. The van der Waals surface area contributed by atoms with E-state index in [1.54, 1.807) is 12.1 Å². The molecule has 0 N–H and O–H groups in total. The summed E-state index contributed by atoms with van der Waals surface area (Å²) in [6, 6.07) is 3.16. The Kier molecular flexibility index (Phi) is 3.35. The lowest BCUT2D eigenvalue weighted by molar-refractivity contribution is -0.184. The van der Waals surface area contributed by atoms with Crippen molar-refractivity contribution in [2.24, 2.45) is 0 Å². The van der Waals surface area contributed by atoms with Gasteiger partial charge in [-0.05, 0) is 6.07 Å². The minimum absolute atomic E-state index is 0.0310. The van der Waals surface area contributed by atoms with Crippen molar-refractivity contribution >= 4 is 5.91 Å². The molecule has 8 heteroatoms. The molecular weight excluding hydrogens is 251 g/mol. The summed E-state index contributed by atoms with van der Waals surface area (Å²) in [7, 11) is 0. The van der Waals surface area contributed by atoms with Crippen LogP contribution in [0.15, 0.2) is 18.3 Å². The van der Waals surface area contributed by atoms with Crippen LogP contribution in [0.25, 0.3) is 0 Å². The molecule has 1 unspecified atom stereocenters. The first-order chi connectivity index (χ1) is 8.47. The summed E-state index contributed by atoms with van der Waals surface area (Å²) in [5, 5.41) is 7.25. The molecule has 0 saturated carbocycles. The lowest BCUT2D eigenvalue weighted by atomic mass is 10.3. The van der Waals surface area contributed by atoms with Gasteiger partial charge in [0, 0.05) is 25.2 Å². The number of alkyl halides is 3. The highest BCUT2D eigenvalue weighted by atomic mass is 19.4. The fourth-order valence-electron chi connectivity index (χ4n) is 1.71. The molecule has 0 radical (unpaired) electrons. The molecule has 1 aromatic heterocycles. The molecular formula is C10H10F3N3O2. The van der Waals surface area contributed by atoms with E-state index in [4.69, 9.17) is 4.74 Å². The first-order valence-corrected chi connectivity index (χ1v) is 5.27. The first-order valence-electron chi connectivity index (χ1n) is 5.27. The van der Waals surface area contributed by atoms with Gasteiger partial charge in [0.05, 0.1) is 6.54 Å². The number of ether oxygens (including phenoxy) is 1. The second-order valence-electron chi connectivity index (χ2n) is 3.84. The SMILES string of the molecule is O=C(N1CCC(Oc2cccnn2)C1)C(F)(F)F. The third-order valence-corrected chi connectivity index (χ3v) is 2.51. The summed E-state index contributed by atoms with van der Waals surface area (Å²) < 4.78 is 41.9. The highest BCUT2D eigenvalue weighted by Crippen LogP contribution is 2.23. The van der Waals surface area contributed by atoms with Crippen LogP contribution in [-0.2, 0) is 4.79 Å². The molecule has 1 amide bonds. The number of aromatic nitrogens is 2. The number of carbonyl (C=O) groups excluding carboxylic acids is 1. The predicted octanol–water partition coefficient (Wildman–Crippen LogP) is 1.02. The van der Waals surface area contributed by atoms with Gasteiger partial charge in [0.15, 0.2) is 0 Å². The maximum atomic E-state index is 12.2. The zero-order valence-electron chi connectivity index (χ0n) is 9.22. The van der Waals surface area contributed by atoms with E-state index >= 15 is 0 Å². The summed E-state index contributed by atoms with van der Waals surface area (Å²) in [4.78, 5) is 11.7. The van der Waals surface area contributed by atoms with Crippen molar-refractivity contribution in [2.45, 2.75) is 18.7 Å². The largest absolute Gasteiger partial charge is 0.471 e. The molecule has 1 atom stereocenters. The zero-order chi connectivity index (χ0) is 13.2. The first kappa shape index (κ1) is 12.6. The molecule has 1 saturated heterocycles. The van der Waals surface area contributed by atoms with Crippen molar-refractivity contribution in [2.75, 3.05) is 13.1 Å². The van der Waals surface area contributed by atoms with E-state index in [9.17, 15) is 18.0 Å². The third kappa shape index (κ3) is 2.88. The van der Waals surface area contributed by atoms with Gasteiger partial charge < -0.3 is 9.64 Å². The van der Waals surface area contributed by atoms with Gasteiger partial charge >= 0.3 is 12.1 Å². The van der Waals surface area contributed by atoms with Gasteiger partial charge in [-0.2, -0.15) is 18.3 Å². The molecule has 1 aliphatic rings. The summed E-state index contributed by atoms with van der Waals surface area (Å²) in [5.74, 6) is -1.59. The van der Waals surface area contributed by atoms with Gasteiger partial charge in [0.1, 0.15) is 6.10 Å². The molecule has 98 valence electrons. The Labute approximate surface area is 101 Å². The summed E-state index contributed by atoms with van der Waals surface area (Å²) in [6.07, 6.45) is -3.51. The summed E-state index contributed by atoms with van der Waals surface area (Å²) >= 11 is 0. The van der Waals surface area contributed by atoms with E-state index in [0.29, 0.717) is 6.42 Å². The Hall–Kier alpha value is -1.86. The number of hydrogen-bond acceptors (Lipinski definition) is 4. The molecule has 0 spiro atoms. The predicted molar refractivity (Wildman–Crippen MR) is 53.7 cm³/mol. The quantitative estimate of drug-likeness (QED) is 0.797. The standard InChI is InChI=1S/C10H10F3N3O2/c11-10(12,13)9(17)16-5-3-7(6-16)18-8-2-1-4-14-15-8/h1-2,4,7H,3,5-6H2. The number of rotatable bonds is 2. The normalized spacial score (nSPS) is 19.9. The smallest absolute Gasteiger partial charge is 0.471 e. The van der Waals surface area contributed by atoms with Crippen LogP contribution in [0.3, 0.4) is 0 Å². The molecule has 2 heterocycles. The molecule has 18 heavy (non-hydrogen) atoms. The maximum absolute atomic E-state index is 12.2. The van der Waals surface area contributed by atoms with Crippen LogP contribution in [0, 0.1) is 0 Å². The third-order valence-electron chi connectivity index (χ3n) is 2.51. The van der Waals surface area contributed by atoms with Gasteiger partial charge in [0.2, 0.25) is 5.88 Å². The summed E-state index contributed by atoms with van der Waals surface area (Å²) in [5.41, 5.74) is 0. The second kappa shape index (κ2) is 4.79. The zero-order valence-corrected chi connectivity index (χ0v) is 9.22. The van der Waals surface area contributed by atoms with E-state index in [0.717, 1.165) is 4.90 Å². The van der Waals surface area contributed by atoms with Crippen molar-refractivity contribution in [3.8, 4) is 5.88 Å². The van der Waals surface area contributed by atoms with Gasteiger partial charge in [-0.3, -0.25) is 4.79 Å². The number of halogens is 3. The highest BCUT2D eigenvalue weighted by molar-refractivity contribution is 5.82. The molecule has 2 rings (SSSR count). The second-order valence-corrected chi connectivity index (χ2v) is 3.84. The van der Waals surface area contributed by atoms with Gasteiger partial charge in [-0.25, -0.2) is 0 Å². The minimum Gasteiger partial charge on any atom is -0.471 e. The van der Waals surface area contributed by atoms with Crippen LogP contribution in [0.2, 0.25) is 0 Å². The fraction of sp³-hybridized carbons (Fsp3) is 0.500. The molecule has 0 aliphatic carbocycles. The van der Waals surface area contributed by atoms with Crippen molar-refractivity contribution in [1.82, 2.24) is 15.1 Å². The minimum atomic E-state index is -4.83. The molecule has 1 aliphatic heterocycles. The maximum Gasteiger partial charge on any atom is 0.471 e. The molecule has 1 fully saturated rings. The van der Waals surface area contributed by atoms with Crippen LogP contribution in [0.4, 0.5) is 13.2 Å². The van der Waals surface area contributed by atoms with Gasteiger partial charge in [0.25, 0.3) is 0 Å². The Morgan fingerprint density at radius 1 is 1.50 bits per heavy atom. The lowest BCUT2D eigenvalue weighted by Crippen LogP contribution is -2.40. The van der Waals surface area contributed by atoms with Crippen molar-refractivity contribution in [3.05, 3.63) is 18.3 Å². The Morgan fingerprint density at radius 3 is 2.89 bits per heavy atom. The fourth-order valence-corrected chi connectivity index (χ4v) is 1.71. The Bertz CT molecular complexity index is 424. The lowest BCUT2D eigenvalue weighted by Gasteiger charge is -2.17. The number of likely N-dealkylation sites (tertiary alicyclic amines) is 1. The van der Waals surface area contributed by atoms with Crippen LogP contribution >= 0.6 is 0 Å². The van der Waals surface area contributed by atoms with E-state index in [1.165, 1.54) is 6.20 Å².